The summed E-state index contributed by atoms with van der Waals surface area (Å²) in [6, 6.07) is 12.2. The second kappa shape index (κ2) is 7.58. The normalized spacial score (nSPS) is 9.35. The minimum Gasteiger partial charge on any atom is -0.392 e. The van der Waals surface area contributed by atoms with E-state index in [4.69, 9.17) is 5.11 Å². The summed E-state index contributed by atoms with van der Waals surface area (Å²) in [5.41, 5.74) is 3.29. The Morgan fingerprint density at radius 3 is 2.35 bits per heavy atom. The zero-order valence-electron chi connectivity index (χ0n) is 10.4. The van der Waals surface area contributed by atoms with Crippen LogP contribution < -0.4 is 0 Å². The van der Waals surface area contributed by atoms with Crippen LogP contribution in [0.15, 0.2) is 48.8 Å². The van der Waals surface area contributed by atoms with Gasteiger partial charge in [-0.05, 0) is 29.2 Å². The highest BCUT2D eigenvalue weighted by Gasteiger charge is 2.01. The lowest BCUT2D eigenvalue weighted by atomic mass is 10.0. The first-order chi connectivity index (χ1) is 8.40. The summed E-state index contributed by atoms with van der Waals surface area (Å²) >= 11 is 0. The maximum atomic E-state index is 9.16. The van der Waals surface area contributed by atoms with Gasteiger partial charge in [0.05, 0.1) is 6.61 Å². The molecule has 2 heteroatoms. The third-order valence-corrected chi connectivity index (χ3v) is 2.41. The Hall–Kier alpha value is -1.67. The standard InChI is InChI=1S/C13H13NO.C2H6/c15-10-13-9-14-7-6-12(13)8-11-4-2-1-3-5-11;1-2/h1-7,9,15H,8,10H2;1-2H3. The quantitative estimate of drug-likeness (QED) is 0.876. The lowest BCUT2D eigenvalue weighted by molar-refractivity contribution is 0.280. The second-order valence-electron chi connectivity index (χ2n) is 3.46. The highest BCUT2D eigenvalue weighted by molar-refractivity contribution is 5.29. The Morgan fingerprint density at radius 2 is 1.71 bits per heavy atom. The monoisotopic (exact) mass is 229 g/mol. The van der Waals surface area contributed by atoms with Crippen LogP contribution in [-0.2, 0) is 13.0 Å². The lowest BCUT2D eigenvalue weighted by Crippen LogP contribution is -1.96. The van der Waals surface area contributed by atoms with E-state index < -0.39 is 0 Å². The molecule has 2 aromatic rings. The van der Waals surface area contributed by atoms with Crippen molar-refractivity contribution in [1.82, 2.24) is 4.98 Å². The third-order valence-electron chi connectivity index (χ3n) is 2.41. The summed E-state index contributed by atoms with van der Waals surface area (Å²) in [6.07, 6.45) is 4.33. The first-order valence-electron chi connectivity index (χ1n) is 5.96. The van der Waals surface area contributed by atoms with Gasteiger partial charge in [-0.15, -0.1) is 0 Å². The number of aromatic nitrogens is 1. The molecule has 0 saturated carbocycles. The summed E-state index contributed by atoms with van der Waals surface area (Å²) in [5.74, 6) is 0. The van der Waals surface area contributed by atoms with Crippen molar-refractivity contribution in [1.29, 1.82) is 0 Å². The van der Waals surface area contributed by atoms with Crippen molar-refractivity contribution in [2.75, 3.05) is 0 Å². The number of aliphatic hydroxyl groups excluding tert-OH is 1. The molecule has 0 spiro atoms. The van der Waals surface area contributed by atoms with Crippen LogP contribution in [0.5, 0.6) is 0 Å². The van der Waals surface area contributed by atoms with Crippen LogP contribution in [0.1, 0.15) is 30.5 Å². The SMILES string of the molecule is CC.OCc1cnccc1Cc1ccccc1. The minimum atomic E-state index is 0.0516. The molecule has 0 radical (unpaired) electrons. The van der Waals surface area contributed by atoms with E-state index in [1.807, 2.05) is 38.1 Å². The van der Waals surface area contributed by atoms with Crippen molar-refractivity contribution in [3.63, 3.8) is 0 Å². The highest BCUT2D eigenvalue weighted by Crippen LogP contribution is 2.12. The maximum absolute atomic E-state index is 9.16. The molecular weight excluding hydrogens is 210 g/mol. The Labute approximate surface area is 103 Å². The maximum Gasteiger partial charge on any atom is 0.0699 e. The molecule has 2 rings (SSSR count). The molecule has 17 heavy (non-hydrogen) atoms. The molecule has 90 valence electrons. The topological polar surface area (TPSA) is 33.1 Å². The number of benzene rings is 1. The van der Waals surface area contributed by atoms with Crippen molar-refractivity contribution < 1.29 is 5.11 Å². The van der Waals surface area contributed by atoms with E-state index in [1.54, 1.807) is 12.4 Å². The molecule has 0 aliphatic heterocycles. The molecule has 0 atom stereocenters. The zero-order chi connectivity index (χ0) is 12.5. The smallest absolute Gasteiger partial charge is 0.0699 e. The van der Waals surface area contributed by atoms with Crippen LogP contribution in [0.25, 0.3) is 0 Å². The van der Waals surface area contributed by atoms with Gasteiger partial charge in [0.1, 0.15) is 0 Å². The van der Waals surface area contributed by atoms with Gasteiger partial charge in [0.15, 0.2) is 0 Å². The summed E-state index contributed by atoms with van der Waals surface area (Å²) < 4.78 is 0. The van der Waals surface area contributed by atoms with Gasteiger partial charge >= 0.3 is 0 Å². The van der Waals surface area contributed by atoms with Crippen molar-refractivity contribution in [3.8, 4) is 0 Å². The third kappa shape index (κ3) is 4.00. The number of hydrogen-bond donors (Lipinski definition) is 1. The summed E-state index contributed by atoms with van der Waals surface area (Å²) in [7, 11) is 0. The number of hydrogen-bond acceptors (Lipinski definition) is 2. The fraction of sp³-hybridized carbons (Fsp3) is 0.267. The van der Waals surface area contributed by atoms with Gasteiger partial charge < -0.3 is 5.11 Å². The highest BCUT2D eigenvalue weighted by atomic mass is 16.3. The fourth-order valence-electron chi connectivity index (χ4n) is 1.59. The number of aliphatic hydroxyl groups is 1. The van der Waals surface area contributed by atoms with Crippen LogP contribution >= 0.6 is 0 Å². The average Bonchev–Trinajstić information content (AvgIpc) is 2.43. The van der Waals surface area contributed by atoms with E-state index in [2.05, 4.69) is 17.1 Å². The zero-order valence-corrected chi connectivity index (χ0v) is 10.4. The summed E-state index contributed by atoms with van der Waals surface area (Å²) in [4.78, 5) is 4.00. The first-order valence-corrected chi connectivity index (χ1v) is 5.96. The molecule has 1 aromatic heterocycles. The molecule has 1 heterocycles. The van der Waals surface area contributed by atoms with E-state index in [9.17, 15) is 0 Å². The van der Waals surface area contributed by atoms with Gasteiger partial charge in [-0.25, -0.2) is 0 Å². The van der Waals surface area contributed by atoms with Crippen LogP contribution in [0, 0.1) is 0 Å². The van der Waals surface area contributed by atoms with Crippen LogP contribution in [0.4, 0.5) is 0 Å². The molecule has 1 aromatic carbocycles. The van der Waals surface area contributed by atoms with Crippen LogP contribution in [0.2, 0.25) is 0 Å². The Kier molecular flexibility index (Phi) is 5.97. The number of nitrogens with zero attached hydrogens (tertiary/aromatic N) is 1. The molecule has 0 aliphatic carbocycles. The Balaban J connectivity index is 0.000000686. The molecule has 0 fully saturated rings. The summed E-state index contributed by atoms with van der Waals surface area (Å²) in [5, 5.41) is 9.16. The van der Waals surface area contributed by atoms with E-state index in [-0.39, 0.29) is 6.61 Å². The number of rotatable bonds is 3. The van der Waals surface area contributed by atoms with Gasteiger partial charge in [-0.2, -0.15) is 0 Å². The molecular formula is C15H19NO. The van der Waals surface area contributed by atoms with E-state index in [0.29, 0.717) is 0 Å². The van der Waals surface area contributed by atoms with Gasteiger partial charge in [0.25, 0.3) is 0 Å². The van der Waals surface area contributed by atoms with E-state index in [1.165, 1.54) is 5.56 Å². The van der Waals surface area contributed by atoms with Crippen molar-refractivity contribution in [3.05, 3.63) is 65.5 Å². The predicted octanol–water partition coefficient (Wildman–Crippen LogP) is 3.19. The van der Waals surface area contributed by atoms with Crippen molar-refractivity contribution in [2.45, 2.75) is 26.9 Å². The lowest BCUT2D eigenvalue weighted by Gasteiger charge is -2.06. The van der Waals surface area contributed by atoms with E-state index >= 15 is 0 Å². The molecule has 2 nitrogen and oxygen atoms in total. The molecule has 0 aliphatic rings. The van der Waals surface area contributed by atoms with Gasteiger partial charge in [-0.1, -0.05) is 44.2 Å². The molecule has 1 N–H and O–H groups in total. The molecule has 0 saturated heterocycles. The number of pyridine rings is 1. The van der Waals surface area contributed by atoms with E-state index in [0.717, 1.165) is 17.5 Å². The molecule has 0 unspecified atom stereocenters. The van der Waals surface area contributed by atoms with Gasteiger partial charge in [-0.3, -0.25) is 4.98 Å². The molecule has 0 bridgehead atoms. The summed E-state index contributed by atoms with van der Waals surface area (Å²) in [6.45, 7) is 4.05. The van der Waals surface area contributed by atoms with Crippen molar-refractivity contribution >= 4 is 0 Å². The fourth-order valence-corrected chi connectivity index (χ4v) is 1.59. The van der Waals surface area contributed by atoms with Crippen LogP contribution in [0.3, 0.4) is 0 Å². The van der Waals surface area contributed by atoms with Gasteiger partial charge in [0, 0.05) is 12.4 Å². The van der Waals surface area contributed by atoms with Crippen molar-refractivity contribution in [2.24, 2.45) is 0 Å². The second-order valence-corrected chi connectivity index (χ2v) is 3.46. The Morgan fingerprint density at radius 1 is 1.00 bits per heavy atom. The van der Waals surface area contributed by atoms with Gasteiger partial charge in [0.2, 0.25) is 0 Å². The first kappa shape index (κ1) is 13.4. The average molecular weight is 229 g/mol. The largest absolute Gasteiger partial charge is 0.392 e. The molecule has 0 amide bonds. The Bertz CT molecular complexity index is 426. The van der Waals surface area contributed by atoms with Crippen LogP contribution in [-0.4, -0.2) is 10.1 Å². The minimum absolute atomic E-state index is 0.0516. The predicted molar refractivity (Wildman–Crippen MR) is 70.8 cm³/mol.